The summed E-state index contributed by atoms with van der Waals surface area (Å²) in [5, 5.41) is 0. The summed E-state index contributed by atoms with van der Waals surface area (Å²) in [5.41, 5.74) is 1.13. The molecule has 35 heavy (non-hydrogen) atoms. The molecule has 1 aromatic heterocycles. The lowest BCUT2D eigenvalue weighted by Crippen LogP contribution is -2.50. The van der Waals surface area contributed by atoms with E-state index in [1.165, 1.54) is 6.20 Å². The molecule has 8 nitrogen and oxygen atoms in total. The fourth-order valence-electron chi connectivity index (χ4n) is 5.31. The van der Waals surface area contributed by atoms with Gasteiger partial charge in [0.15, 0.2) is 0 Å². The highest BCUT2D eigenvalue weighted by Crippen LogP contribution is 2.51. The number of para-hydroxylation sites is 2. The van der Waals surface area contributed by atoms with Crippen LogP contribution in [0.3, 0.4) is 0 Å². The molecule has 0 saturated carbocycles. The van der Waals surface area contributed by atoms with Gasteiger partial charge < -0.3 is 4.90 Å². The normalized spacial score (nSPS) is 30.8. The van der Waals surface area contributed by atoms with Crippen molar-refractivity contribution in [3.63, 3.8) is 0 Å². The summed E-state index contributed by atoms with van der Waals surface area (Å²) in [6.07, 6.45) is -0.209. The second-order valence-electron chi connectivity index (χ2n) is 8.70. The molecule has 3 aromatic rings. The van der Waals surface area contributed by atoms with Crippen LogP contribution in [0.15, 0.2) is 79.0 Å². The van der Waals surface area contributed by atoms with Gasteiger partial charge in [-0.3, -0.25) is 29.1 Å². The van der Waals surface area contributed by atoms with Crippen molar-refractivity contribution >= 4 is 40.7 Å². The number of imide groups is 2. The zero-order valence-electron chi connectivity index (χ0n) is 20.7. The summed E-state index contributed by atoms with van der Waals surface area (Å²) in [7, 11) is 1.65. The van der Waals surface area contributed by atoms with Crippen molar-refractivity contribution in [1.82, 2.24) is 4.98 Å². The number of pyridine rings is 1. The Morgan fingerprint density at radius 3 is 2.11 bits per heavy atom. The number of fused-ring (bicyclic) bond motifs is 2. The average Bonchev–Trinajstić information content (AvgIpc) is 3.32. The van der Waals surface area contributed by atoms with E-state index in [0.717, 1.165) is 9.80 Å². The predicted molar refractivity (Wildman–Crippen MR) is 129 cm³/mol. The number of aromatic nitrogens is 1. The molecule has 3 aliphatic heterocycles. The van der Waals surface area contributed by atoms with E-state index in [1.54, 1.807) is 84.7 Å². The molecule has 2 unspecified atom stereocenters. The quantitative estimate of drug-likeness (QED) is 0.549. The van der Waals surface area contributed by atoms with Crippen LogP contribution in [0.4, 0.5) is 17.1 Å². The van der Waals surface area contributed by atoms with Gasteiger partial charge in [-0.2, -0.15) is 0 Å². The Morgan fingerprint density at radius 2 is 1.46 bits per heavy atom. The predicted octanol–water partition coefficient (Wildman–Crippen LogP) is 2.75. The van der Waals surface area contributed by atoms with E-state index < -0.39 is 53.8 Å². The van der Waals surface area contributed by atoms with Gasteiger partial charge in [0, 0.05) is 28.3 Å². The highest BCUT2D eigenvalue weighted by Gasteiger charge is 2.61. The fraction of sp³-hybridized carbons (Fsp3) is 0.222. The van der Waals surface area contributed by atoms with E-state index in [0.29, 0.717) is 11.4 Å². The first-order chi connectivity index (χ1) is 17.8. The zero-order valence-corrected chi connectivity index (χ0v) is 18.7. The maximum Gasteiger partial charge on any atom is 0.257 e. The lowest BCUT2D eigenvalue weighted by atomic mass is 9.72. The molecule has 0 radical (unpaired) electrons. The summed E-state index contributed by atoms with van der Waals surface area (Å²) in [4.78, 5) is 62.8. The number of hydrogen-bond acceptors (Lipinski definition) is 6. The maximum atomic E-state index is 14.0. The Bertz CT molecular complexity index is 1450. The second-order valence-corrected chi connectivity index (χ2v) is 8.70. The van der Waals surface area contributed by atoms with Crippen LogP contribution in [-0.4, -0.2) is 41.7 Å². The third kappa shape index (κ3) is 3.02. The molecule has 4 amide bonds. The number of nitrogens with zero attached hydrogens (tertiary/aromatic N) is 4. The van der Waals surface area contributed by atoms with Crippen molar-refractivity contribution in [3.8, 4) is 0 Å². The van der Waals surface area contributed by atoms with Gasteiger partial charge in [-0.25, -0.2) is 4.90 Å². The van der Waals surface area contributed by atoms with Gasteiger partial charge in [0.1, 0.15) is 6.04 Å². The van der Waals surface area contributed by atoms with Gasteiger partial charge >= 0.3 is 0 Å². The smallest absolute Gasteiger partial charge is 0.257 e. The summed E-state index contributed by atoms with van der Waals surface area (Å²) >= 11 is 0. The minimum atomic E-state index is -2.15. The Labute approximate surface area is 204 Å². The Balaban J connectivity index is 1.55. The Kier molecular flexibility index (Phi) is 4.28. The van der Waals surface area contributed by atoms with E-state index in [1.807, 2.05) is 0 Å². The van der Waals surface area contributed by atoms with E-state index >= 15 is 0 Å². The number of carbonyl (C=O) groups excluding carboxylic acids is 4. The summed E-state index contributed by atoms with van der Waals surface area (Å²) in [6.45, 7) is 0. The topological polar surface area (TPSA) is 90.9 Å². The molecule has 6 rings (SSSR count). The van der Waals surface area contributed by atoms with Crippen LogP contribution in [-0.2, 0) is 19.2 Å². The molecule has 0 N–H and O–H groups in total. The van der Waals surface area contributed by atoms with Crippen LogP contribution in [0.2, 0.25) is 0 Å². The van der Waals surface area contributed by atoms with Gasteiger partial charge in [-0.1, -0.05) is 36.4 Å². The first kappa shape index (κ1) is 19.0. The SMILES string of the molecule is [2H]C1C(=O)N(c2ccccc2)C(=O)C1[C@@]1([2H])c2ncccc2N(C)[C@H]2C(=O)N(c3ccccc3)C(=O)[C@H]21. The molecule has 4 heterocycles. The van der Waals surface area contributed by atoms with Crippen molar-refractivity contribution in [2.24, 2.45) is 11.8 Å². The summed E-state index contributed by atoms with van der Waals surface area (Å²) in [5.74, 6) is -7.80. The molecule has 0 bridgehead atoms. The molecule has 174 valence electrons. The maximum absolute atomic E-state index is 14.0. The summed E-state index contributed by atoms with van der Waals surface area (Å²) < 4.78 is 18.5. The van der Waals surface area contributed by atoms with Crippen molar-refractivity contribution in [2.75, 3.05) is 21.7 Å². The van der Waals surface area contributed by atoms with Crippen molar-refractivity contribution in [3.05, 3.63) is 84.7 Å². The molecular formula is C27H22N4O4. The van der Waals surface area contributed by atoms with Crippen molar-refractivity contribution < 1.29 is 21.9 Å². The molecule has 5 atom stereocenters. The van der Waals surface area contributed by atoms with E-state index in [9.17, 15) is 20.5 Å². The van der Waals surface area contributed by atoms with E-state index in [4.69, 9.17) is 1.37 Å². The highest BCUT2D eigenvalue weighted by atomic mass is 16.2. The minimum Gasteiger partial charge on any atom is -0.360 e. The van der Waals surface area contributed by atoms with Gasteiger partial charge in [0.2, 0.25) is 17.7 Å². The standard InChI is InChI=1S/C27H22N4O4/c1-29-19-13-8-14-28-23(19)21(18-15-20(32)30(25(18)33)16-9-4-2-5-10-16)22-24(29)27(35)31(26(22)34)17-11-6-3-7-12-17/h2-14,18,21-22,24H,15H2,1H3/t18?,21-,22+,24-/m1/s1/i15D,21D/t15?,18?,21-,22+,24-. The van der Waals surface area contributed by atoms with E-state index in [-0.39, 0.29) is 11.4 Å². The molecule has 2 fully saturated rings. The molecule has 2 aromatic carbocycles. The Morgan fingerprint density at radius 1 is 0.829 bits per heavy atom. The van der Waals surface area contributed by atoms with Crippen LogP contribution < -0.4 is 14.7 Å². The number of benzene rings is 2. The first-order valence-electron chi connectivity index (χ1n) is 12.3. The number of likely N-dealkylation sites (N-methyl/N-ethyl adjacent to an activating group) is 1. The third-order valence-electron chi connectivity index (χ3n) is 6.85. The van der Waals surface area contributed by atoms with Gasteiger partial charge in [-0.15, -0.1) is 0 Å². The van der Waals surface area contributed by atoms with Crippen LogP contribution >= 0.6 is 0 Å². The molecular weight excluding hydrogens is 444 g/mol. The van der Waals surface area contributed by atoms with Crippen molar-refractivity contribution in [2.45, 2.75) is 18.3 Å². The third-order valence-corrected chi connectivity index (χ3v) is 6.85. The molecule has 3 aliphatic rings. The molecule has 8 heteroatoms. The van der Waals surface area contributed by atoms with Crippen LogP contribution in [0.25, 0.3) is 0 Å². The van der Waals surface area contributed by atoms with Gasteiger partial charge in [0.25, 0.3) is 5.91 Å². The van der Waals surface area contributed by atoms with Gasteiger partial charge in [0.05, 0.1) is 34.6 Å². The number of amides is 4. The second kappa shape index (κ2) is 7.87. The number of carbonyl (C=O) groups is 4. The highest BCUT2D eigenvalue weighted by molar-refractivity contribution is 6.26. The van der Waals surface area contributed by atoms with E-state index in [2.05, 4.69) is 4.98 Å². The lowest BCUT2D eigenvalue weighted by Gasteiger charge is -2.40. The first-order valence-corrected chi connectivity index (χ1v) is 11.2. The fourth-order valence-corrected chi connectivity index (χ4v) is 5.31. The largest absolute Gasteiger partial charge is 0.360 e. The number of hydrogen-bond donors (Lipinski definition) is 0. The Hall–Kier alpha value is -4.33. The molecule has 2 saturated heterocycles. The zero-order chi connectivity index (χ0) is 26.1. The molecule has 0 spiro atoms. The average molecular weight is 469 g/mol. The number of rotatable bonds is 3. The van der Waals surface area contributed by atoms with Crippen LogP contribution in [0.1, 0.15) is 20.7 Å². The lowest BCUT2D eigenvalue weighted by molar-refractivity contribution is -0.124. The number of anilines is 3. The van der Waals surface area contributed by atoms with Crippen molar-refractivity contribution in [1.29, 1.82) is 0 Å². The summed E-state index contributed by atoms with van der Waals surface area (Å²) in [6, 6.07) is 18.8. The molecule has 0 aliphatic carbocycles. The van der Waals surface area contributed by atoms with Crippen LogP contribution in [0.5, 0.6) is 0 Å². The monoisotopic (exact) mass is 468 g/mol. The van der Waals surface area contributed by atoms with Gasteiger partial charge in [-0.05, 0) is 36.4 Å². The van der Waals surface area contributed by atoms with Crippen LogP contribution in [0, 0.1) is 11.8 Å². The minimum absolute atomic E-state index is 0.0909.